The number of hydrogen-bond donors (Lipinski definition) is 1. The molecule has 0 unspecified atom stereocenters. The molecule has 1 amide bonds. The zero-order valence-electron chi connectivity index (χ0n) is 8.00. The van der Waals surface area contributed by atoms with Gasteiger partial charge < -0.3 is 5.73 Å². The Labute approximate surface area is 93.6 Å². The van der Waals surface area contributed by atoms with Crippen molar-refractivity contribution >= 4 is 23.2 Å². The first kappa shape index (κ1) is 10.6. The summed E-state index contributed by atoms with van der Waals surface area (Å²) >= 11 is 5.48. The molecule has 0 radical (unpaired) electrons. The predicted molar refractivity (Wildman–Crippen MR) is 54.3 cm³/mol. The van der Waals surface area contributed by atoms with Gasteiger partial charge in [0, 0.05) is 5.88 Å². The van der Waals surface area contributed by atoms with Crippen molar-refractivity contribution in [1.82, 2.24) is 24.6 Å². The number of aryl methyl sites for hydroxylation is 1. The first-order valence-electron chi connectivity index (χ1n) is 4.32. The lowest BCUT2D eigenvalue weighted by Gasteiger charge is -1.99. The molecule has 2 aromatic rings. The lowest BCUT2D eigenvalue weighted by atomic mass is 10.3. The van der Waals surface area contributed by atoms with Crippen LogP contribution in [-0.2, 0) is 6.54 Å². The third-order valence-electron chi connectivity index (χ3n) is 1.96. The van der Waals surface area contributed by atoms with Crippen LogP contribution >= 0.6 is 11.6 Å². The molecule has 2 N–H and O–H groups in total. The molecule has 2 aromatic heterocycles. The maximum Gasteiger partial charge on any atom is 0.368 e. The first-order chi connectivity index (χ1) is 7.65. The standard InChI is InChI=1S/C7H7ClN6O2/c8-1-2-13-7(16)14-6(11-12-13)4(3-10-14)5(9)15/h3H,1-2H2,(H2,9,15). The average Bonchev–Trinajstić information content (AvgIpc) is 2.67. The number of carbonyl (C=O) groups excluding carboxylic acids is 1. The van der Waals surface area contributed by atoms with E-state index in [9.17, 15) is 9.59 Å². The highest BCUT2D eigenvalue weighted by Gasteiger charge is 2.14. The second kappa shape index (κ2) is 3.89. The van der Waals surface area contributed by atoms with Gasteiger partial charge in [-0.3, -0.25) is 4.79 Å². The van der Waals surface area contributed by atoms with Gasteiger partial charge in [0.05, 0.1) is 12.7 Å². The molecule has 0 saturated carbocycles. The Bertz CT molecular complexity index is 602. The van der Waals surface area contributed by atoms with Crippen molar-refractivity contribution in [1.29, 1.82) is 0 Å². The van der Waals surface area contributed by atoms with Crippen molar-refractivity contribution in [2.45, 2.75) is 6.54 Å². The van der Waals surface area contributed by atoms with Crippen molar-refractivity contribution in [2.75, 3.05) is 5.88 Å². The zero-order valence-corrected chi connectivity index (χ0v) is 8.76. The lowest BCUT2D eigenvalue weighted by Crippen LogP contribution is -2.31. The van der Waals surface area contributed by atoms with Gasteiger partial charge in [0.1, 0.15) is 5.56 Å². The van der Waals surface area contributed by atoms with E-state index in [1.54, 1.807) is 0 Å². The van der Waals surface area contributed by atoms with Crippen LogP contribution in [0.25, 0.3) is 5.65 Å². The van der Waals surface area contributed by atoms with Crippen LogP contribution in [0.15, 0.2) is 11.0 Å². The van der Waals surface area contributed by atoms with E-state index in [4.69, 9.17) is 17.3 Å². The third-order valence-corrected chi connectivity index (χ3v) is 2.12. The number of halogens is 1. The molecular formula is C7H7ClN6O2. The minimum atomic E-state index is -0.709. The Morgan fingerprint density at radius 1 is 1.56 bits per heavy atom. The molecule has 16 heavy (non-hydrogen) atoms. The Balaban J connectivity index is 2.69. The van der Waals surface area contributed by atoms with Gasteiger partial charge in [0.2, 0.25) is 0 Å². The van der Waals surface area contributed by atoms with Gasteiger partial charge in [-0.25, -0.2) is 4.79 Å². The normalized spacial score (nSPS) is 10.8. The van der Waals surface area contributed by atoms with Crippen LogP contribution in [0.3, 0.4) is 0 Å². The fourth-order valence-electron chi connectivity index (χ4n) is 1.22. The summed E-state index contributed by atoms with van der Waals surface area (Å²) in [4.78, 5) is 22.7. The summed E-state index contributed by atoms with van der Waals surface area (Å²) in [6, 6.07) is 0. The molecular weight excluding hydrogens is 236 g/mol. The van der Waals surface area contributed by atoms with E-state index in [-0.39, 0.29) is 23.6 Å². The van der Waals surface area contributed by atoms with Crippen LogP contribution in [0.1, 0.15) is 10.4 Å². The van der Waals surface area contributed by atoms with E-state index in [1.165, 1.54) is 6.20 Å². The molecule has 0 saturated heterocycles. The minimum absolute atomic E-state index is 0.0447. The van der Waals surface area contributed by atoms with E-state index in [1.807, 2.05) is 0 Å². The summed E-state index contributed by atoms with van der Waals surface area (Å²) in [5.41, 5.74) is 4.67. The van der Waals surface area contributed by atoms with Crippen LogP contribution in [-0.4, -0.2) is 36.4 Å². The van der Waals surface area contributed by atoms with Gasteiger partial charge in [-0.2, -0.15) is 14.3 Å². The molecule has 0 aliphatic rings. The number of primary amides is 1. The summed E-state index contributed by atoms with van der Waals surface area (Å²) in [7, 11) is 0. The molecule has 84 valence electrons. The van der Waals surface area contributed by atoms with Crippen LogP contribution in [0, 0.1) is 0 Å². The van der Waals surface area contributed by atoms with Crippen molar-refractivity contribution in [3.8, 4) is 0 Å². The van der Waals surface area contributed by atoms with Gasteiger partial charge >= 0.3 is 5.69 Å². The number of nitrogens with zero attached hydrogens (tertiary/aromatic N) is 5. The van der Waals surface area contributed by atoms with Crippen LogP contribution < -0.4 is 11.4 Å². The van der Waals surface area contributed by atoms with Crippen molar-refractivity contribution in [3.05, 3.63) is 22.2 Å². The number of amides is 1. The van der Waals surface area contributed by atoms with E-state index < -0.39 is 11.6 Å². The molecule has 0 aliphatic carbocycles. The molecule has 2 rings (SSSR count). The van der Waals surface area contributed by atoms with E-state index in [0.29, 0.717) is 0 Å². The Morgan fingerprint density at radius 2 is 2.31 bits per heavy atom. The van der Waals surface area contributed by atoms with Crippen LogP contribution in [0.4, 0.5) is 0 Å². The quantitative estimate of drug-likeness (QED) is 0.668. The maximum absolute atomic E-state index is 11.7. The summed E-state index contributed by atoms with van der Waals surface area (Å²) in [6.45, 7) is 0.217. The van der Waals surface area contributed by atoms with Gasteiger partial charge in [-0.05, 0) is 0 Å². The fraction of sp³-hybridized carbons (Fsp3) is 0.286. The monoisotopic (exact) mass is 242 g/mol. The highest BCUT2D eigenvalue weighted by Crippen LogP contribution is 2.02. The number of fused-ring (bicyclic) bond motifs is 1. The number of carbonyl (C=O) groups is 1. The lowest BCUT2D eigenvalue weighted by molar-refractivity contribution is 0.100. The van der Waals surface area contributed by atoms with Gasteiger partial charge in [-0.1, -0.05) is 5.21 Å². The van der Waals surface area contributed by atoms with Crippen molar-refractivity contribution in [3.63, 3.8) is 0 Å². The Morgan fingerprint density at radius 3 is 2.94 bits per heavy atom. The van der Waals surface area contributed by atoms with Gasteiger partial charge in [0.25, 0.3) is 5.91 Å². The number of hydrogen-bond acceptors (Lipinski definition) is 5. The summed E-state index contributed by atoms with van der Waals surface area (Å²) in [5, 5.41) is 11.0. The highest BCUT2D eigenvalue weighted by molar-refractivity contribution is 6.17. The minimum Gasteiger partial charge on any atom is -0.365 e. The average molecular weight is 243 g/mol. The number of nitrogens with two attached hydrogens (primary N) is 1. The van der Waals surface area contributed by atoms with Crippen LogP contribution in [0.2, 0.25) is 0 Å². The molecule has 8 nitrogen and oxygen atoms in total. The van der Waals surface area contributed by atoms with Crippen molar-refractivity contribution in [2.24, 2.45) is 5.73 Å². The molecule has 0 bridgehead atoms. The number of aromatic nitrogens is 5. The molecule has 2 heterocycles. The second-order valence-corrected chi connectivity index (χ2v) is 3.32. The maximum atomic E-state index is 11.7. The summed E-state index contributed by atoms with van der Waals surface area (Å²) in [5.74, 6) is -0.483. The van der Waals surface area contributed by atoms with Crippen molar-refractivity contribution < 1.29 is 4.79 Å². The molecule has 9 heteroatoms. The topological polar surface area (TPSA) is 108 Å². The zero-order chi connectivity index (χ0) is 11.7. The molecule has 0 aromatic carbocycles. The second-order valence-electron chi connectivity index (χ2n) is 2.94. The summed E-state index contributed by atoms with van der Waals surface area (Å²) in [6.07, 6.45) is 1.18. The largest absolute Gasteiger partial charge is 0.368 e. The van der Waals surface area contributed by atoms with Crippen LogP contribution in [0.5, 0.6) is 0 Å². The van der Waals surface area contributed by atoms with Gasteiger partial charge in [0.15, 0.2) is 5.65 Å². The van der Waals surface area contributed by atoms with Gasteiger partial charge in [-0.15, -0.1) is 16.7 Å². The molecule has 0 fully saturated rings. The van der Waals surface area contributed by atoms with E-state index >= 15 is 0 Å². The Hall–Kier alpha value is -1.96. The first-order valence-corrected chi connectivity index (χ1v) is 4.86. The number of alkyl halides is 1. The SMILES string of the molecule is NC(=O)c1cnn2c(=O)n(CCCl)nnc12. The Kier molecular flexibility index (Phi) is 2.57. The summed E-state index contributed by atoms with van der Waals surface area (Å²) < 4.78 is 2.01. The number of rotatable bonds is 3. The predicted octanol–water partition coefficient (Wildman–Crippen LogP) is -1.38. The fourth-order valence-corrected chi connectivity index (χ4v) is 1.38. The van der Waals surface area contributed by atoms with E-state index in [0.717, 1.165) is 9.20 Å². The molecule has 0 spiro atoms. The smallest absolute Gasteiger partial charge is 0.365 e. The molecule has 0 atom stereocenters. The molecule has 0 aliphatic heterocycles. The third kappa shape index (κ3) is 1.52. The van der Waals surface area contributed by atoms with E-state index in [2.05, 4.69) is 15.4 Å². The highest BCUT2D eigenvalue weighted by atomic mass is 35.5.